The lowest BCUT2D eigenvalue weighted by Crippen LogP contribution is -2.37. The Labute approximate surface area is 127 Å². The number of aliphatic carboxylic acids is 1. The minimum atomic E-state index is -1.05. The molecule has 0 heterocycles. The quantitative estimate of drug-likeness (QED) is 0.627. The number of amides is 2. The Balaban J connectivity index is 2.32. The van der Waals surface area contributed by atoms with Crippen LogP contribution in [0.25, 0.3) is 0 Å². The molecule has 1 aromatic carbocycles. The van der Waals surface area contributed by atoms with Gasteiger partial charge in [0.05, 0.1) is 13.7 Å². The first kappa shape index (κ1) is 17.1. The molecule has 0 fully saturated rings. The van der Waals surface area contributed by atoms with Crippen molar-refractivity contribution in [3.63, 3.8) is 0 Å². The number of nitrogens with one attached hydrogen (secondary N) is 2. The van der Waals surface area contributed by atoms with Crippen LogP contribution >= 0.6 is 11.6 Å². The molecule has 1 aromatic rings. The molecule has 0 atom stereocenters. The fraction of sp³-hybridized carbons (Fsp3) is 0.385. The van der Waals surface area contributed by atoms with Gasteiger partial charge in [0.25, 0.3) is 0 Å². The van der Waals surface area contributed by atoms with Crippen LogP contribution in [0.15, 0.2) is 18.2 Å². The number of benzene rings is 1. The Kier molecular flexibility index (Phi) is 7.34. The van der Waals surface area contributed by atoms with Gasteiger partial charge in [-0.25, -0.2) is 9.59 Å². The summed E-state index contributed by atoms with van der Waals surface area (Å²) in [5.41, 5.74) is 0.680. The van der Waals surface area contributed by atoms with E-state index in [0.29, 0.717) is 16.3 Å². The van der Waals surface area contributed by atoms with Crippen molar-refractivity contribution >= 4 is 23.6 Å². The highest BCUT2D eigenvalue weighted by Gasteiger charge is 2.09. The molecule has 0 unspecified atom stereocenters. The van der Waals surface area contributed by atoms with E-state index in [1.54, 1.807) is 18.2 Å². The van der Waals surface area contributed by atoms with E-state index in [1.165, 1.54) is 7.11 Å². The van der Waals surface area contributed by atoms with Crippen LogP contribution in [0.2, 0.25) is 5.02 Å². The van der Waals surface area contributed by atoms with E-state index in [0.717, 1.165) is 0 Å². The van der Waals surface area contributed by atoms with Gasteiger partial charge in [-0.2, -0.15) is 0 Å². The molecule has 0 aliphatic rings. The van der Waals surface area contributed by atoms with Crippen LogP contribution in [0.4, 0.5) is 4.79 Å². The second-order valence-electron chi connectivity index (χ2n) is 3.98. The normalized spacial score (nSPS) is 10.0. The predicted octanol–water partition coefficient (Wildman–Crippen LogP) is 1.25. The van der Waals surface area contributed by atoms with E-state index in [9.17, 15) is 9.59 Å². The van der Waals surface area contributed by atoms with Crippen LogP contribution in [0, 0.1) is 0 Å². The molecule has 0 aliphatic carbocycles. The topological polar surface area (TPSA) is 96.9 Å². The Bertz CT molecular complexity index is 495. The molecule has 7 nitrogen and oxygen atoms in total. The van der Waals surface area contributed by atoms with Crippen LogP contribution in [0.1, 0.15) is 5.56 Å². The van der Waals surface area contributed by atoms with Gasteiger partial charge in [0.1, 0.15) is 12.4 Å². The fourth-order valence-corrected chi connectivity index (χ4v) is 1.76. The number of halogens is 1. The van der Waals surface area contributed by atoms with Gasteiger partial charge in [0.2, 0.25) is 0 Å². The zero-order chi connectivity index (χ0) is 15.7. The summed E-state index contributed by atoms with van der Waals surface area (Å²) in [6.07, 6.45) is 0. The number of carboxylic acid groups (broad SMARTS) is 1. The third-order valence-electron chi connectivity index (χ3n) is 2.48. The largest absolute Gasteiger partial charge is 0.496 e. The predicted molar refractivity (Wildman–Crippen MR) is 76.7 cm³/mol. The summed E-state index contributed by atoms with van der Waals surface area (Å²) in [5, 5.41) is 14.0. The van der Waals surface area contributed by atoms with Crippen LogP contribution < -0.4 is 15.4 Å². The van der Waals surface area contributed by atoms with E-state index in [1.807, 2.05) is 0 Å². The van der Waals surface area contributed by atoms with Crippen molar-refractivity contribution in [2.75, 3.05) is 26.9 Å². The number of carbonyl (C=O) groups excluding carboxylic acids is 1. The van der Waals surface area contributed by atoms with Crippen molar-refractivity contribution in [2.24, 2.45) is 0 Å². The van der Waals surface area contributed by atoms with Gasteiger partial charge in [-0.05, 0) is 12.1 Å². The Morgan fingerprint density at radius 1 is 1.33 bits per heavy atom. The molecule has 2 amide bonds. The molecular formula is C13H17ClN2O5. The summed E-state index contributed by atoms with van der Waals surface area (Å²) in [5.74, 6) is -0.460. The van der Waals surface area contributed by atoms with Crippen molar-refractivity contribution in [3.8, 4) is 5.75 Å². The van der Waals surface area contributed by atoms with Crippen LogP contribution in [-0.2, 0) is 16.1 Å². The summed E-state index contributed by atoms with van der Waals surface area (Å²) >= 11 is 6.04. The van der Waals surface area contributed by atoms with Crippen molar-refractivity contribution < 1.29 is 24.2 Å². The first-order valence-corrected chi connectivity index (χ1v) is 6.55. The summed E-state index contributed by atoms with van der Waals surface area (Å²) < 4.78 is 9.94. The van der Waals surface area contributed by atoms with Crippen LogP contribution in [0.3, 0.4) is 0 Å². The average molecular weight is 317 g/mol. The number of ether oxygens (including phenoxy) is 2. The third-order valence-corrected chi connectivity index (χ3v) is 2.83. The molecule has 0 spiro atoms. The lowest BCUT2D eigenvalue weighted by atomic mass is 10.2. The van der Waals surface area contributed by atoms with E-state index in [2.05, 4.69) is 10.6 Å². The van der Waals surface area contributed by atoms with Crippen molar-refractivity contribution in [1.82, 2.24) is 10.6 Å². The molecule has 0 aromatic heterocycles. The van der Waals surface area contributed by atoms with Gasteiger partial charge < -0.3 is 25.2 Å². The SMILES string of the molecule is COc1cccc(Cl)c1CNC(=O)NCCOCC(=O)O. The highest BCUT2D eigenvalue weighted by atomic mass is 35.5. The summed E-state index contributed by atoms with van der Waals surface area (Å²) in [4.78, 5) is 21.7. The standard InChI is InChI=1S/C13H17ClN2O5/c1-20-11-4-2-3-10(14)9(11)7-16-13(19)15-5-6-21-8-12(17)18/h2-4H,5-8H2,1H3,(H,17,18)(H2,15,16,19). The third kappa shape index (κ3) is 6.33. The molecule has 0 saturated carbocycles. The van der Waals surface area contributed by atoms with Gasteiger partial charge in [-0.3, -0.25) is 0 Å². The number of hydrogen-bond donors (Lipinski definition) is 3. The van der Waals surface area contributed by atoms with Crippen LogP contribution in [0.5, 0.6) is 5.75 Å². The van der Waals surface area contributed by atoms with Crippen molar-refractivity contribution in [2.45, 2.75) is 6.54 Å². The molecule has 0 radical (unpaired) electrons. The highest BCUT2D eigenvalue weighted by molar-refractivity contribution is 6.31. The maximum absolute atomic E-state index is 11.5. The molecule has 116 valence electrons. The monoisotopic (exact) mass is 316 g/mol. The van der Waals surface area contributed by atoms with Gasteiger partial charge in [-0.1, -0.05) is 17.7 Å². The Morgan fingerprint density at radius 3 is 2.76 bits per heavy atom. The number of rotatable bonds is 8. The van der Waals surface area contributed by atoms with E-state index in [4.69, 9.17) is 26.2 Å². The molecule has 3 N–H and O–H groups in total. The van der Waals surface area contributed by atoms with E-state index >= 15 is 0 Å². The smallest absolute Gasteiger partial charge is 0.329 e. The summed E-state index contributed by atoms with van der Waals surface area (Å²) in [6.45, 7) is 0.151. The second kappa shape index (κ2) is 9.04. The minimum Gasteiger partial charge on any atom is -0.496 e. The first-order valence-electron chi connectivity index (χ1n) is 6.17. The van der Waals surface area contributed by atoms with Gasteiger partial charge in [0.15, 0.2) is 0 Å². The van der Waals surface area contributed by atoms with Gasteiger partial charge in [0, 0.05) is 23.7 Å². The molecular weight excluding hydrogens is 300 g/mol. The Morgan fingerprint density at radius 2 is 2.10 bits per heavy atom. The number of hydrogen-bond acceptors (Lipinski definition) is 4. The maximum Gasteiger partial charge on any atom is 0.329 e. The molecule has 0 saturated heterocycles. The lowest BCUT2D eigenvalue weighted by molar-refractivity contribution is -0.142. The Hall–Kier alpha value is -1.99. The highest BCUT2D eigenvalue weighted by Crippen LogP contribution is 2.25. The molecule has 0 aliphatic heterocycles. The zero-order valence-corrected chi connectivity index (χ0v) is 12.3. The van der Waals surface area contributed by atoms with E-state index in [-0.39, 0.29) is 26.3 Å². The minimum absolute atomic E-state index is 0.120. The van der Waals surface area contributed by atoms with E-state index < -0.39 is 12.0 Å². The summed E-state index contributed by atoms with van der Waals surface area (Å²) in [6, 6.07) is 4.81. The fourth-order valence-electron chi connectivity index (χ4n) is 1.53. The number of urea groups is 1. The zero-order valence-electron chi connectivity index (χ0n) is 11.5. The van der Waals surface area contributed by atoms with Crippen molar-refractivity contribution in [1.29, 1.82) is 0 Å². The van der Waals surface area contributed by atoms with Gasteiger partial charge in [-0.15, -0.1) is 0 Å². The van der Waals surface area contributed by atoms with Crippen molar-refractivity contribution in [3.05, 3.63) is 28.8 Å². The molecule has 21 heavy (non-hydrogen) atoms. The van der Waals surface area contributed by atoms with Crippen LogP contribution in [-0.4, -0.2) is 44.0 Å². The maximum atomic E-state index is 11.5. The summed E-state index contributed by atoms with van der Waals surface area (Å²) in [7, 11) is 1.52. The second-order valence-corrected chi connectivity index (χ2v) is 4.38. The number of carboxylic acids is 1. The molecule has 0 bridgehead atoms. The van der Waals surface area contributed by atoms with Gasteiger partial charge >= 0.3 is 12.0 Å². The first-order chi connectivity index (χ1) is 10.0. The average Bonchev–Trinajstić information content (AvgIpc) is 2.45. The number of methoxy groups -OCH3 is 1. The molecule has 1 rings (SSSR count). The molecule has 8 heteroatoms. The number of carbonyl (C=O) groups is 2. The lowest BCUT2D eigenvalue weighted by Gasteiger charge is -2.12.